The van der Waals surface area contributed by atoms with Gasteiger partial charge in [-0.15, -0.1) is 0 Å². The molecule has 0 aromatic heterocycles. The number of carbonyl (C=O) groups excluding carboxylic acids is 1. The van der Waals surface area contributed by atoms with Crippen molar-refractivity contribution in [3.05, 3.63) is 40.4 Å². The fraction of sp³-hybridized carbons (Fsp3) is 0.357. The fourth-order valence-corrected chi connectivity index (χ4v) is 1.47. The molecule has 1 atom stereocenters. The van der Waals surface area contributed by atoms with Crippen molar-refractivity contribution in [1.82, 2.24) is 5.32 Å². The zero-order valence-corrected chi connectivity index (χ0v) is 11.2. The van der Waals surface area contributed by atoms with Crippen molar-refractivity contribution in [1.29, 1.82) is 0 Å². The van der Waals surface area contributed by atoms with Crippen LogP contribution >= 0.6 is 11.6 Å². The summed E-state index contributed by atoms with van der Waals surface area (Å²) in [5, 5.41) is 3.58. The molecule has 2 nitrogen and oxygen atoms in total. The highest BCUT2D eigenvalue weighted by molar-refractivity contribution is 6.31. The molecule has 3 heteroatoms. The summed E-state index contributed by atoms with van der Waals surface area (Å²) in [7, 11) is 0. The molecular weight excluding hydrogens is 234 g/mol. The van der Waals surface area contributed by atoms with Crippen molar-refractivity contribution in [2.75, 3.05) is 0 Å². The minimum Gasteiger partial charge on any atom is -0.350 e. The Balaban J connectivity index is 2.64. The van der Waals surface area contributed by atoms with Crippen LogP contribution in [-0.2, 0) is 4.79 Å². The first-order valence-corrected chi connectivity index (χ1v) is 6.15. The maximum atomic E-state index is 11.5. The Bertz CT molecular complexity index is 426. The van der Waals surface area contributed by atoms with Gasteiger partial charge in [-0.1, -0.05) is 30.7 Å². The Labute approximate surface area is 108 Å². The lowest BCUT2D eigenvalue weighted by Crippen LogP contribution is -2.30. The molecule has 0 aliphatic heterocycles. The smallest absolute Gasteiger partial charge is 0.244 e. The van der Waals surface area contributed by atoms with E-state index >= 15 is 0 Å². The molecule has 0 saturated carbocycles. The predicted octanol–water partition coefficient (Wildman–Crippen LogP) is 3.58. The molecule has 1 aromatic carbocycles. The number of carbonyl (C=O) groups is 1. The normalized spacial score (nSPS) is 12.7. The largest absolute Gasteiger partial charge is 0.350 e. The summed E-state index contributed by atoms with van der Waals surface area (Å²) < 4.78 is 0. The van der Waals surface area contributed by atoms with Crippen LogP contribution in [0.25, 0.3) is 6.08 Å². The van der Waals surface area contributed by atoms with Crippen LogP contribution in [0, 0.1) is 6.92 Å². The van der Waals surface area contributed by atoms with E-state index in [1.807, 2.05) is 39.0 Å². The molecule has 0 radical (unpaired) electrons. The Morgan fingerprint density at radius 1 is 1.53 bits per heavy atom. The van der Waals surface area contributed by atoms with Crippen LogP contribution in [0.2, 0.25) is 5.02 Å². The van der Waals surface area contributed by atoms with Gasteiger partial charge in [0.1, 0.15) is 0 Å². The molecule has 1 rings (SSSR count). The van der Waals surface area contributed by atoms with Crippen LogP contribution in [0.1, 0.15) is 31.4 Å². The highest BCUT2D eigenvalue weighted by Gasteiger charge is 2.01. The molecule has 0 heterocycles. The summed E-state index contributed by atoms with van der Waals surface area (Å²) in [6.45, 7) is 5.97. The third-order valence-corrected chi connectivity index (χ3v) is 3.03. The van der Waals surface area contributed by atoms with Crippen LogP contribution in [-0.4, -0.2) is 11.9 Å². The number of benzene rings is 1. The van der Waals surface area contributed by atoms with Crippen LogP contribution in [0.4, 0.5) is 0 Å². The number of amides is 1. The first kappa shape index (κ1) is 13.8. The summed E-state index contributed by atoms with van der Waals surface area (Å²) in [5.74, 6) is -0.0731. The molecule has 0 fully saturated rings. The minimum absolute atomic E-state index is 0.0731. The SMILES string of the molecule is CC[C@H](C)NC(=O)/C=C/c1ccc(C)c(Cl)c1. The number of aryl methyl sites for hydroxylation is 1. The molecule has 1 amide bonds. The zero-order valence-electron chi connectivity index (χ0n) is 10.5. The molecule has 0 unspecified atom stereocenters. The molecular formula is C14H18ClNO. The molecule has 0 bridgehead atoms. The second-order valence-electron chi connectivity index (χ2n) is 4.16. The molecule has 0 aliphatic rings. The molecule has 0 aliphatic carbocycles. The maximum Gasteiger partial charge on any atom is 0.244 e. The van der Waals surface area contributed by atoms with E-state index < -0.39 is 0 Å². The highest BCUT2D eigenvalue weighted by Crippen LogP contribution is 2.17. The van der Waals surface area contributed by atoms with Gasteiger partial charge in [-0.3, -0.25) is 4.79 Å². The van der Waals surface area contributed by atoms with Crippen LogP contribution in [0.3, 0.4) is 0 Å². The molecule has 92 valence electrons. The first-order chi connectivity index (χ1) is 8.02. The lowest BCUT2D eigenvalue weighted by molar-refractivity contribution is -0.117. The number of nitrogens with one attached hydrogen (secondary N) is 1. The van der Waals surface area contributed by atoms with Crippen molar-refractivity contribution >= 4 is 23.6 Å². The molecule has 1 aromatic rings. The summed E-state index contributed by atoms with van der Waals surface area (Å²) >= 11 is 6.00. The van der Waals surface area contributed by atoms with E-state index in [0.29, 0.717) is 0 Å². The lowest BCUT2D eigenvalue weighted by Gasteiger charge is -2.08. The topological polar surface area (TPSA) is 29.1 Å². The van der Waals surface area contributed by atoms with Gasteiger partial charge in [0.2, 0.25) is 5.91 Å². The Morgan fingerprint density at radius 3 is 2.82 bits per heavy atom. The monoisotopic (exact) mass is 251 g/mol. The lowest BCUT2D eigenvalue weighted by atomic mass is 10.1. The van der Waals surface area contributed by atoms with E-state index in [2.05, 4.69) is 5.32 Å². The van der Waals surface area contributed by atoms with E-state index in [9.17, 15) is 4.79 Å². The summed E-state index contributed by atoms with van der Waals surface area (Å²) in [6.07, 6.45) is 4.23. The van der Waals surface area contributed by atoms with E-state index in [-0.39, 0.29) is 11.9 Å². The van der Waals surface area contributed by atoms with E-state index in [4.69, 9.17) is 11.6 Å². The number of rotatable bonds is 4. The second kappa shape index (κ2) is 6.45. The first-order valence-electron chi connectivity index (χ1n) is 5.77. The quantitative estimate of drug-likeness (QED) is 0.815. The van der Waals surface area contributed by atoms with Crippen molar-refractivity contribution < 1.29 is 4.79 Å². The van der Waals surface area contributed by atoms with Gasteiger partial charge < -0.3 is 5.32 Å². The number of hydrogen-bond donors (Lipinski definition) is 1. The van der Waals surface area contributed by atoms with Gasteiger partial charge in [0.15, 0.2) is 0 Å². The van der Waals surface area contributed by atoms with Gasteiger partial charge in [0.25, 0.3) is 0 Å². The summed E-state index contributed by atoms with van der Waals surface area (Å²) in [5.41, 5.74) is 1.97. The van der Waals surface area contributed by atoms with Gasteiger partial charge in [-0.25, -0.2) is 0 Å². The van der Waals surface area contributed by atoms with Gasteiger partial charge >= 0.3 is 0 Å². The Hall–Kier alpha value is -1.28. The van der Waals surface area contributed by atoms with Gasteiger partial charge in [-0.2, -0.15) is 0 Å². The third kappa shape index (κ3) is 4.61. The molecule has 17 heavy (non-hydrogen) atoms. The average Bonchev–Trinajstić information content (AvgIpc) is 2.30. The van der Waals surface area contributed by atoms with Crippen molar-refractivity contribution in [2.24, 2.45) is 0 Å². The Morgan fingerprint density at radius 2 is 2.24 bits per heavy atom. The number of hydrogen-bond acceptors (Lipinski definition) is 1. The van der Waals surface area contributed by atoms with Gasteiger partial charge in [-0.05, 0) is 43.5 Å². The van der Waals surface area contributed by atoms with Gasteiger partial charge in [0.05, 0.1) is 0 Å². The molecule has 1 N–H and O–H groups in total. The second-order valence-corrected chi connectivity index (χ2v) is 4.57. The molecule has 0 spiro atoms. The zero-order chi connectivity index (χ0) is 12.8. The highest BCUT2D eigenvalue weighted by atomic mass is 35.5. The minimum atomic E-state index is -0.0731. The average molecular weight is 252 g/mol. The summed E-state index contributed by atoms with van der Waals surface area (Å²) in [4.78, 5) is 11.5. The van der Waals surface area contributed by atoms with Crippen LogP contribution in [0.5, 0.6) is 0 Å². The van der Waals surface area contributed by atoms with Crippen molar-refractivity contribution in [3.63, 3.8) is 0 Å². The predicted molar refractivity (Wildman–Crippen MR) is 73.1 cm³/mol. The van der Waals surface area contributed by atoms with Crippen LogP contribution < -0.4 is 5.32 Å². The Kier molecular flexibility index (Phi) is 5.23. The van der Waals surface area contributed by atoms with E-state index in [1.165, 1.54) is 6.08 Å². The van der Waals surface area contributed by atoms with E-state index in [0.717, 1.165) is 22.6 Å². The van der Waals surface area contributed by atoms with Gasteiger partial charge in [0, 0.05) is 17.1 Å². The number of halogens is 1. The summed E-state index contributed by atoms with van der Waals surface area (Å²) in [6, 6.07) is 5.93. The maximum absolute atomic E-state index is 11.5. The van der Waals surface area contributed by atoms with E-state index in [1.54, 1.807) is 6.08 Å². The third-order valence-electron chi connectivity index (χ3n) is 2.62. The van der Waals surface area contributed by atoms with Crippen LogP contribution in [0.15, 0.2) is 24.3 Å². The standard InChI is InChI=1S/C14H18ClNO/c1-4-11(3)16-14(17)8-7-12-6-5-10(2)13(15)9-12/h5-9,11H,4H2,1-3H3,(H,16,17)/b8-7+/t11-/m0/s1. The fourth-order valence-electron chi connectivity index (χ4n) is 1.28. The molecule has 0 saturated heterocycles. The van der Waals surface area contributed by atoms with Crippen molar-refractivity contribution in [3.8, 4) is 0 Å². The van der Waals surface area contributed by atoms with Crippen molar-refractivity contribution in [2.45, 2.75) is 33.2 Å².